The average molecular weight is 555 g/mol. The highest BCUT2D eigenvalue weighted by Crippen LogP contribution is 2.49. The summed E-state index contributed by atoms with van der Waals surface area (Å²) in [5.41, 5.74) is 12.8. The maximum atomic E-state index is 12.9. The predicted molar refractivity (Wildman–Crippen MR) is 178 cm³/mol. The first-order valence-corrected chi connectivity index (χ1v) is 15.5. The van der Waals surface area contributed by atoms with Crippen LogP contribution < -0.4 is 0 Å². The SMILES string of the molecule is C=CCC1c2ccc(C)cc2CCC1(C)c1ccc(C)cc1.Cc1ccc(C2(C)CCc3cc(C)ccc3C2=O)cc1. The molecule has 3 atom stereocenters. The van der Waals surface area contributed by atoms with Crippen molar-refractivity contribution in [1.82, 2.24) is 0 Å². The van der Waals surface area contributed by atoms with Gasteiger partial charge in [-0.15, -0.1) is 6.58 Å². The molecule has 0 saturated heterocycles. The van der Waals surface area contributed by atoms with Gasteiger partial charge in [0.2, 0.25) is 0 Å². The summed E-state index contributed by atoms with van der Waals surface area (Å²) in [4.78, 5) is 12.9. The van der Waals surface area contributed by atoms with Crippen LogP contribution in [0.3, 0.4) is 0 Å². The number of benzene rings is 4. The molecule has 2 aliphatic carbocycles. The van der Waals surface area contributed by atoms with E-state index in [1.54, 1.807) is 0 Å². The van der Waals surface area contributed by atoms with E-state index in [1.165, 1.54) is 57.3 Å². The van der Waals surface area contributed by atoms with E-state index >= 15 is 0 Å². The first-order chi connectivity index (χ1) is 20.0. The Labute approximate surface area is 253 Å². The van der Waals surface area contributed by atoms with Crippen LogP contribution in [0.25, 0.3) is 0 Å². The zero-order chi connectivity index (χ0) is 30.1. The fourth-order valence-electron chi connectivity index (χ4n) is 7.18. The fraction of sp³-hybridized carbons (Fsp3) is 0.341. The van der Waals surface area contributed by atoms with Crippen LogP contribution in [0.5, 0.6) is 0 Å². The zero-order valence-corrected chi connectivity index (χ0v) is 26.4. The molecule has 0 spiro atoms. The minimum atomic E-state index is -0.379. The summed E-state index contributed by atoms with van der Waals surface area (Å²) < 4.78 is 0. The lowest BCUT2D eigenvalue weighted by molar-refractivity contribution is 0.0875. The van der Waals surface area contributed by atoms with E-state index in [0.717, 1.165) is 30.4 Å². The summed E-state index contributed by atoms with van der Waals surface area (Å²) >= 11 is 0. The normalized spacial score (nSPS) is 22.8. The quantitative estimate of drug-likeness (QED) is 0.229. The molecule has 0 aliphatic heterocycles. The molecule has 216 valence electrons. The Kier molecular flexibility index (Phi) is 8.42. The maximum absolute atomic E-state index is 12.9. The van der Waals surface area contributed by atoms with E-state index in [-0.39, 0.29) is 16.6 Å². The highest BCUT2D eigenvalue weighted by Gasteiger charge is 2.41. The van der Waals surface area contributed by atoms with Gasteiger partial charge in [0.05, 0.1) is 5.41 Å². The zero-order valence-electron chi connectivity index (χ0n) is 26.4. The van der Waals surface area contributed by atoms with Crippen molar-refractivity contribution in [1.29, 1.82) is 0 Å². The third-order valence-electron chi connectivity index (χ3n) is 10.1. The van der Waals surface area contributed by atoms with Gasteiger partial charge in [-0.05, 0) is 106 Å². The van der Waals surface area contributed by atoms with Crippen molar-refractivity contribution in [2.24, 2.45) is 0 Å². The molecular weight excluding hydrogens is 508 g/mol. The molecule has 0 fully saturated rings. The Hall–Kier alpha value is -3.71. The van der Waals surface area contributed by atoms with Gasteiger partial charge in [0, 0.05) is 5.56 Å². The molecule has 1 heteroatoms. The van der Waals surface area contributed by atoms with Gasteiger partial charge in [-0.25, -0.2) is 0 Å². The minimum Gasteiger partial charge on any atom is -0.293 e. The highest BCUT2D eigenvalue weighted by molar-refractivity contribution is 6.06. The summed E-state index contributed by atoms with van der Waals surface area (Å²) in [5.74, 6) is 0.791. The molecule has 0 radical (unpaired) electrons. The average Bonchev–Trinajstić information content (AvgIpc) is 2.98. The van der Waals surface area contributed by atoms with E-state index in [4.69, 9.17) is 0 Å². The van der Waals surface area contributed by atoms with Gasteiger partial charge in [-0.1, -0.05) is 120 Å². The number of ketones is 1. The summed E-state index contributed by atoms with van der Waals surface area (Å²) in [5, 5.41) is 0. The van der Waals surface area contributed by atoms with Crippen molar-refractivity contribution in [3.8, 4) is 0 Å². The van der Waals surface area contributed by atoms with Crippen molar-refractivity contribution < 1.29 is 4.79 Å². The molecule has 0 amide bonds. The fourth-order valence-corrected chi connectivity index (χ4v) is 7.18. The van der Waals surface area contributed by atoms with Gasteiger partial charge in [0.15, 0.2) is 5.78 Å². The van der Waals surface area contributed by atoms with Crippen LogP contribution in [0.1, 0.15) is 99.5 Å². The van der Waals surface area contributed by atoms with Crippen LogP contribution in [0, 0.1) is 27.7 Å². The molecule has 42 heavy (non-hydrogen) atoms. The Balaban J connectivity index is 0.000000169. The van der Waals surface area contributed by atoms with Crippen LogP contribution in [-0.2, 0) is 23.7 Å². The second kappa shape index (κ2) is 11.9. The molecule has 1 nitrogen and oxygen atoms in total. The number of hydrogen-bond donors (Lipinski definition) is 0. The minimum absolute atomic E-state index is 0.199. The Morgan fingerprint density at radius 1 is 0.690 bits per heavy atom. The van der Waals surface area contributed by atoms with E-state index in [2.05, 4.69) is 127 Å². The van der Waals surface area contributed by atoms with Gasteiger partial charge >= 0.3 is 0 Å². The summed E-state index contributed by atoms with van der Waals surface area (Å²) in [6.07, 6.45) is 7.39. The molecule has 0 aromatic heterocycles. The van der Waals surface area contributed by atoms with Crippen LogP contribution in [0.15, 0.2) is 97.6 Å². The van der Waals surface area contributed by atoms with Crippen molar-refractivity contribution >= 4 is 5.78 Å². The molecule has 0 saturated carbocycles. The molecule has 3 unspecified atom stereocenters. The van der Waals surface area contributed by atoms with Crippen molar-refractivity contribution in [3.05, 3.63) is 153 Å². The highest BCUT2D eigenvalue weighted by atomic mass is 16.1. The van der Waals surface area contributed by atoms with Gasteiger partial charge in [-0.3, -0.25) is 4.79 Å². The standard InChI is InChI=1S/C22H26.C19H20O/c1-5-6-21-20-12-9-17(3)15-18(20)13-14-22(21,4)19-10-7-16(2)8-11-19;1-13-4-7-16(8-5-13)19(3)11-10-15-12-14(2)6-9-17(15)18(19)20/h5,7-12,15,21H,1,6,13-14H2,2-4H3;4-9,12H,10-11H2,1-3H3. The van der Waals surface area contributed by atoms with Crippen LogP contribution >= 0.6 is 0 Å². The number of allylic oxidation sites excluding steroid dienone is 1. The monoisotopic (exact) mass is 554 g/mol. The van der Waals surface area contributed by atoms with Gasteiger partial charge < -0.3 is 0 Å². The van der Waals surface area contributed by atoms with Gasteiger partial charge in [0.1, 0.15) is 0 Å². The molecule has 4 aromatic rings. The number of rotatable bonds is 4. The molecule has 6 rings (SSSR count). The summed E-state index contributed by atoms with van der Waals surface area (Å²) in [6.45, 7) is 17.1. The van der Waals surface area contributed by atoms with E-state index in [9.17, 15) is 4.79 Å². The molecule has 4 aromatic carbocycles. The van der Waals surface area contributed by atoms with E-state index in [1.807, 2.05) is 12.1 Å². The number of carbonyl (C=O) groups is 1. The van der Waals surface area contributed by atoms with Crippen molar-refractivity contribution in [2.45, 2.75) is 90.4 Å². The smallest absolute Gasteiger partial charge is 0.173 e. The van der Waals surface area contributed by atoms with Crippen LogP contribution in [-0.4, -0.2) is 5.78 Å². The molecule has 0 bridgehead atoms. The molecule has 0 N–H and O–H groups in total. The lowest BCUT2D eigenvalue weighted by atomic mass is 9.60. The van der Waals surface area contributed by atoms with Gasteiger partial charge in [-0.2, -0.15) is 0 Å². The van der Waals surface area contributed by atoms with Crippen LogP contribution in [0.4, 0.5) is 0 Å². The Morgan fingerprint density at radius 3 is 1.83 bits per heavy atom. The van der Waals surface area contributed by atoms with Crippen LogP contribution in [0.2, 0.25) is 0 Å². The summed E-state index contributed by atoms with van der Waals surface area (Å²) in [6, 6.07) is 30.7. The topological polar surface area (TPSA) is 17.1 Å². The number of fused-ring (bicyclic) bond motifs is 2. The van der Waals surface area contributed by atoms with Crippen molar-refractivity contribution in [3.63, 3.8) is 0 Å². The lowest BCUT2D eigenvalue weighted by Crippen LogP contribution is -2.37. The first kappa shape index (κ1) is 29.8. The molecule has 2 aliphatic rings. The predicted octanol–water partition coefficient (Wildman–Crippen LogP) is 10.3. The molecule has 0 heterocycles. The van der Waals surface area contributed by atoms with Gasteiger partial charge in [0.25, 0.3) is 0 Å². The second-order valence-corrected chi connectivity index (χ2v) is 13.3. The summed E-state index contributed by atoms with van der Waals surface area (Å²) in [7, 11) is 0. The number of aryl methyl sites for hydroxylation is 6. The number of Topliss-reactive ketones (excluding diaryl/α,β-unsaturated/α-hetero) is 1. The van der Waals surface area contributed by atoms with Crippen molar-refractivity contribution in [2.75, 3.05) is 0 Å². The third-order valence-corrected chi connectivity index (χ3v) is 10.1. The Morgan fingerprint density at radius 2 is 1.21 bits per heavy atom. The Bertz CT molecular complexity index is 1590. The number of carbonyl (C=O) groups excluding carboxylic acids is 1. The third kappa shape index (κ3) is 5.67. The maximum Gasteiger partial charge on any atom is 0.173 e. The second-order valence-electron chi connectivity index (χ2n) is 13.3. The first-order valence-electron chi connectivity index (χ1n) is 15.5. The van der Waals surface area contributed by atoms with E-state index in [0.29, 0.717) is 5.92 Å². The molecular formula is C41H46O. The lowest BCUT2D eigenvalue weighted by Gasteiger charge is -2.43. The number of hydrogen-bond acceptors (Lipinski definition) is 1. The largest absolute Gasteiger partial charge is 0.293 e. The van der Waals surface area contributed by atoms with E-state index < -0.39 is 0 Å².